The van der Waals surface area contributed by atoms with Crippen LogP contribution in [0.2, 0.25) is 0 Å². The number of aromatic nitrogens is 1. The molecular weight excluding hydrogens is 496 g/mol. The van der Waals surface area contributed by atoms with E-state index in [2.05, 4.69) is 46.2 Å². The average Bonchev–Trinajstić information content (AvgIpc) is 3.23. The van der Waals surface area contributed by atoms with E-state index in [1.165, 1.54) is 0 Å². The van der Waals surface area contributed by atoms with Crippen molar-refractivity contribution in [2.75, 3.05) is 11.5 Å². The number of amides is 4. The van der Waals surface area contributed by atoms with Gasteiger partial charge in [-0.25, -0.2) is 4.79 Å². The van der Waals surface area contributed by atoms with E-state index in [-0.39, 0.29) is 17.9 Å². The van der Waals surface area contributed by atoms with Crippen molar-refractivity contribution in [1.82, 2.24) is 20.9 Å². The molecule has 0 bridgehead atoms. The van der Waals surface area contributed by atoms with E-state index in [9.17, 15) is 24.0 Å². The number of nitrogens with one attached hydrogen (secondary N) is 4. The fourth-order valence-corrected chi connectivity index (χ4v) is 3.65. The zero-order chi connectivity index (χ0) is 26.1. The summed E-state index contributed by atoms with van der Waals surface area (Å²) in [5.41, 5.74) is 12.5. The first-order valence-corrected chi connectivity index (χ1v) is 11.8. The second-order valence-corrected chi connectivity index (χ2v) is 8.46. The highest BCUT2D eigenvalue weighted by Gasteiger charge is 2.31. The van der Waals surface area contributed by atoms with Gasteiger partial charge < -0.3 is 37.5 Å². The first kappa shape index (κ1) is 28.0. The Balaban J connectivity index is 2.29. The van der Waals surface area contributed by atoms with Crippen molar-refractivity contribution < 1.29 is 29.1 Å². The van der Waals surface area contributed by atoms with Crippen LogP contribution in [0.1, 0.15) is 12.0 Å². The van der Waals surface area contributed by atoms with Crippen molar-refractivity contribution in [1.29, 1.82) is 0 Å². The fourth-order valence-electron chi connectivity index (χ4n) is 3.23. The van der Waals surface area contributed by atoms with Crippen molar-refractivity contribution >= 4 is 65.8 Å². The summed E-state index contributed by atoms with van der Waals surface area (Å²) in [4.78, 5) is 64.1. The minimum atomic E-state index is -1.48. The summed E-state index contributed by atoms with van der Waals surface area (Å²) in [6, 6.07) is 2.32. The largest absolute Gasteiger partial charge is 0.480 e. The normalized spacial score (nSPS) is 14.4. The van der Waals surface area contributed by atoms with Gasteiger partial charge in [0.05, 0.1) is 12.5 Å². The highest BCUT2D eigenvalue weighted by molar-refractivity contribution is 7.80. The molecule has 1 aromatic heterocycles. The van der Waals surface area contributed by atoms with Crippen molar-refractivity contribution in [3.8, 4) is 0 Å². The molecule has 0 aliphatic rings. The van der Waals surface area contributed by atoms with Gasteiger partial charge in [0, 0.05) is 35.0 Å². The molecule has 1 heterocycles. The van der Waals surface area contributed by atoms with E-state index < -0.39 is 60.2 Å². The second-order valence-electron chi connectivity index (χ2n) is 7.73. The highest BCUT2D eigenvalue weighted by Crippen LogP contribution is 2.19. The number of carboxylic acid groups (broad SMARTS) is 1. The molecule has 9 N–H and O–H groups in total. The van der Waals surface area contributed by atoms with Crippen LogP contribution in [0.25, 0.3) is 10.9 Å². The quantitative estimate of drug-likeness (QED) is 0.139. The van der Waals surface area contributed by atoms with Crippen LogP contribution in [0.15, 0.2) is 30.5 Å². The maximum absolute atomic E-state index is 13.2. The summed E-state index contributed by atoms with van der Waals surface area (Å²) in [5, 5.41) is 17.1. The maximum Gasteiger partial charge on any atom is 0.327 e. The summed E-state index contributed by atoms with van der Waals surface area (Å²) in [6.45, 7) is 0. The molecule has 0 fully saturated rings. The lowest BCUT2D eigenvalue weighted by molar-refractivity contribution is -0.141. The summed E-state index contributed by atoms with van der Waals surface area (Å²) < 4.78 is 0. The van der Waals surface area contributed by atoms with Crippen molar-refractivity contribution in [3.05, 3.63) is 36.0 Å². The van der Waals surface area contributed by atoms with Gasteiger partial charge in [-0.3, -0.25) is 19.2 Å². The zero-order valence-corrected chi connectivity index (χ0v) is 20.4. The number of aromatic amines is 1. The van der Waals surface area contributed by atoms with Crippen molar-refractivity contribution in [2.24, 2.45) is 11.5 Å². The third-order valence-corrected chi connectivity index (χ3v) is 5.86. The summed E-state index contributed by atoms with van der Waals surface area (Å²) in [7, 11) is 0. The van der Waals surface area contributed by atoms with Crippen molar-refractivity contribution in [2.45, 2.75) is 37.0 Å². The zero-order valence-electron chi connectivity index (χ0n) is 18.6. The average molecular weight is 525 g/mol. The van der Waals surface area contributed by atoms with Crippen LogP contribution in [0.5, 0.6) is 0 Å². The minimum Gasteiger partial charge on any atom is -0.480 e. The number of fused-ring (bicyclic) bond motifs is 1. The molecule has 0 saturated carbocycles. The number of nitrogens with two attached hydrogens (primary N) is 2. The van der Waals surface area contributed by atoms with Gasteiger partial charge >= 0.3 is 5.97 Å². The van der Waals surface area contributed by atoms with Gasteiger partial charge in [0.1, 0.15) is 18.1 Å². The molecule has 4 amide bonds. The van der Waals surface area contributed by atoms with Gasteiger partial charge in [-0.1, -0.05) is 18.2 Å². The number of aliphatic carboxylic acids is 1. The van der Waals surface area contributed by atoms with Crippen LogP contribution in [-0.2, 0) is 30.4 Å². The molecule has 0 radical (unpaired) electrons. The molecule has 2 rings (SSSR count). The van der Waals surface area contributed by atoms with Crippen molar-refractivity contribution in [3.63, 3.8) is 0 Å². The van der Waals surface area contributed by atoms with Crippen LogP contribution in [0, 0.1) is 0 Å². The standard InChI is InChI=1S/C21H28N6O6S2/c22-12(8-34)18(29)25-14(5-10-7-24-13-4-2-1-3-11(10)13)19(30)26-15(6-17(23)28)20(31)27-16(9-35)21(32)33/h1-4,7,12,14-16,24,34-35H,5-6,8-9,22H2,(H2,23,28)(H,25,29)(H,26,30)(H,27,31)(H,32,33). The second kappa shape index (κ2) is 13.0. The van der Waals surface area contributed by atoms with E-state index in [0.29, 0.717) is 5.56 Å². The van der Waals surface area contributed by atoms with Crippen LogP contribution in [-0.4, -0.2) is 75.4 Å². The number of hydrogen-bond donors (Lipinski definition) is 9. The monoisotopic (exact) mass is 524 g/mol. The molecule has 4 atom stereocenters. The SMILES string of the molecule is NC(=O)CC(NC(=O)C(Cc1c[nH]c2ccccc12)NC(=O)C(N)CS)C(=O)NC(CS)C(=O)O. The smallest absolute Gasteiger partial charge is 0.327 e. The molecular formula is C21H28N6O6S2. The number of primary amides is 1. The molecule has 0 saturated heterocycles. The van der Waals surface area contributed by atoms with Gasteiger partial charge in [-0.2, -0.15) is 25.3 Å². The third kappa shape index (κ3) is 7.90. The van der Waals surface area contributed by atoms with E-state index >= 15 is 0 Å². The Morgan fingerprint density at radius 1 is 0.914 bits per heavy atom. The predicted octanol–water partition coefficient (Wildman–Crippen LogP) is -1.69. The maximum atomic E-state index is 13.2. The fraction of sp³-hybridized carbons (Fsp3) is 0.381. The molecule has 4 unspecified atom stereocenters. The molecule has 14 heteroatoms. The van der Waals surface area contributed by atoms with Crippen LogP contribution >= 0.6 is 25.3 Å². The molecule has 35 heavy (non-hydrogen) atoms. The van der Waals surface area contributed by atoms with E-state index in [4.69, 9.17) is 16.6 Å². The highest BCUT2D eigenvalue weighted by atomic mass is 32.1. The topological polar surface area (TPSA) is 209 Å². The van der Waals surface area contributed by atoms with Crippen LogP contribution in [0.4, 0.5) is 0 Å². The van der Waals surface area contributed by atoms with Crippen LogP contribution in [0.3, 0.4) is 0 Å². The number of H-pyrrole nitrogens is 1. The van der Waals surface area contributed by atoms with Gasteiger partial charge in [0.2, 0.25) is 23.6 Å². The van der Waals surface area contributed by atoms with Gasteiger partial charge in [0.15, 0.2) is 0 Å². The number of carboxylic acids is 1. The Bertz CT molecular complexity index is 1090. The first-order valence-electron chi connectivity index (χ1n) is 10.5. The van der Waals surface area contributed by atoms with Gasteiger partial charge in [-0.05, 0) is 11.6 Å². The van der Waals surface area contributed by atoms with E-state index in [1.54, 1.807) is 6.20 Å². The van der Waals surface area contributed by atoms with E-state index in [1.807, 2.05) is 24.3 Å². The lowest BCUT2D eigenvalue weighted by Crippen LogP contribution is -2.58. The van der Waals surface area contributed by atoms with Gasteiger partial charge in [0.25, 0.3) is 0 Å². The molecule has 12 nitrogen and oxygen atoms in total. The number of benzene rings is 1. The van der Waals surface area contributed by atoms with E-state index in [0.717, 1.165) is 10.9 Å². The summed E-state index contributed by atoms with van der Waals surface area (Å²) in [6.07, 6.45) is 1.12. The first-order chi connectivity index (χ1) is 16.6. The molecule has 0 aliphatic carbocycles. The number of carbonyl (C=O) groups excluding carboxylic acids is 4. The lowest BCUT2D eigenvalue weighted by Gasteiger charge is -2.24. The predicted molar refractivity (Wildman–Crippen MR) is 135 cm³/mol. The Labute approximate surface area is 211 Å². The number of rotatable bonds is 13. The summed E-state index contributed by atoms with van der Waals surface area (Å²) >= 11 is 7.87. The molecule has 0 spiro atoms. The minimum absolute atomic E-state index is 0.0280. The Hall–Kier alpha value is -3.23. The lowest BCUT2D eigenvalue weighted by atomic mass is 10.0. The number of thiol groups is 2. The summed E-state index contributed by atoms with van der Waals surface area (Å²) in [5.74, 6) is -4.83. The number of hydrogen-bond acceptors (Lipinski definition) is 8. The Morgan fingerprint density at radius 2 is 1.51 bits per heavy atom. The third-order valence-electron chi connectivity index (χ3n) is 5.10. The molecule has 190 valence electrons. The molecule has 2 aromatic rings. The number of para-hydroxylation sites is 1. The molecule has 1 aromatic carbocycles. The van der Waals surface area contributed by atoms with Gasteiger partial charge in [-0.15, -0.1) is 0 Å². The molecule has 0 aliphatic heterocycles. The van der Waals surface area contributed by atoms with Crippen LogP contribution < -0.4 is 27.4 Å². The Kier molecular flexibility index (Phi) is 10.4. The Morgan fingerprint density at radius 3 is 2.11 bits per heavy atom. The number of carbonyl (C=O) groups is 5.